The van der Waals surface area contributed by atoms with Gasteiger partial charge in [0.2, 0.25) is 0 Å². The highest BCUT2D eigenvalue weighted by Gasteiger charge is 2.32. The van der Waals surface area contributed by atoms with Crippen LogP contribution < -0.4 is 10.2 Å². The lowest BCUT2D eigenvalue weighted by molar-refractivity contribution is -0.116. The van der Waals surface area contributed by atoms with Crippen molar-refractivity contribution < 1.29 is 19.4 Å². The van der Waals surface area contributed by atoms with E-state index in [2.05, 4.69) is 22.2 Å². The largest absolute Gasteiger partial charge is 0.477 e. The minimum Gasteiger partial charge on any atom is -0.477 e. The maximum Gasteiger partial charge on any atom is 0.347 e. The molecule has 30 heavy (non-hydrogen) atoms. The number of carbonyl (C=O) groups is 2. The maximum atomic E-state index is 12.7. The number of carboxylic acids is 1. The van der Waals surface area contributed by atoms with Crippen molar-refractivity contribution in [1.82, 2.24) is 10.3 Å². The fourth-order valence-electron chi connectivity index (χ4n) is 3.42. The number of ether oxygens (including phenoxy) is 1. The first-order valence-electron chi connectivity index (χ1n) is 10.2. The lowest BCUT2D eigenvalue weighted by atomic mass is 10.0. The number of aromatic nitrogens is 1. The van der Waals surface area contributed by atoms with Crippen LogP contribution in [0.5, 0.6) is 0 Å². The Balaban J connectivity index is 2.08. The molecule has 2 atom stereocenters. The van der Waals surface area contributed by atoms with E-state index in [1.165, 1.54) is 16.9 Å². The molecule has 2 heterocycles. The average Bonchev–Trinajstić information content (AvgIpc) is 3.13. The molecule has 0 saturated carbocycles. The minimum atomic E-state index is -0.963. The highest BCUT2D eigenvalue weighted by molar-refractivity contribution is 7.17. The number of aromatic carboxylic acids is 1. The number of aliphatic imine (C=N–C) groups is 1. The summed E-state index contributed by atoms with van der Waals surface area (Å²) in [5, 5.41) is 13.0. The molecular formula is C21H32N4O4S. The fourth-order valence-corrected chi connectivity index (χ4v) is 4.36. The number of methoxy groups -OCH3 is 1. The molecule has 166 valence electrons. The van der Waals surface area contributed by atoms with Crippen LogP contribution in [0.2, 0.25) is 0 Å². The van der Waals surface area contributed by atoms with Crippen molar-refractivity contribution in [2.45, 2.75) is 66.0 Å². The number of nitrogens with zero attached hydrogens (tertiary/aromatic N) is 3. The quantitative estimate of drug-likeness (QED) is 0.605. The van der Waals surface area contributed by atoms with Crippen molar-refractivity contribution in [3.8, 4) is 0 Å². The first-order chi connectivity index (χ1) is 14.2. The van der Waals surface area contributed by atoms with Crippen molar-refractivity contribution in [3.63, 3.8) is 0 Å². The Morgan fingerprint density at radius 1 is 1.33 bits per heavy atom. The SMILES string of the molecule is CC/C(C)=C(CC)/N=C(\C)C(=O)NC1CCN(c2nc(C)c(C(=O)O)s2)C[C@@H]1OC. The van der Waals surface area contributed by atoms with Crippen LogP contribution in [-0.2, 0) is 9.53 Å². The Morgan fingerprint density at radius 2 is 2.03 bits per heavy atom. The van der Waals surface area contributed by atoms with Gasteiger partial charge in [0.25, 0.3) is 5.91 Å². The predicted octanol–water partition coefficient (Wildman–Crippen LogP) is 3.41. The molecule has 1 amide bonds. The molecule has 9 heteroatoms. The summed E-state index contributed by atoms with van der Waals surface area (Å²) in [6, 6.07) is -0.148. The summed E-state index contributed by atoms with van der Waals surface area (Å²) in [4.78, 5) is 35.2. The Hall–Kier alpha value is -2.26. The first kappa shape index (κ1) is 24.0. The van der Waals surface area contributed by atoms with Gasteiger partial charge in [-0.15, -0.1) is 0 Å². The standard InChI is InChI=1S/C21H32N4O4S/c1-7-12(3)15(8-2)22-14(5)19(26)24-16-9-10-25(11-17(16)29-6)21-23-13(4)18(30-21)20(27)28/h16-17H,7-11H2,1-6H3,(H,24,26)(H,27,28)/b15-12+,22-14+/t16?,17-/m0/s1. The second-order valence-corrected chi connectivity index (χ2v) is 8.41. The number of nitrogens with one attached hydrogen (secondary N) is 1. The van der Waals surface area contributed by atoms with E-state index in [9.17, 15) is 14.7 Å². The normalized spacial score (nSPS) is 20.7. The van der Waals surface area contributed by atoms with Gasteiger partial charge in [0, 0.05) is 25.9 Å². The smallest absolute Gasteiger partial charge is 0.347 e. The molecule has 2 rings (SSSR count). The van der Waals surface area contributed by atoms with E-state index in [0.717, 1.165) is 18.5 Å². The number of allylic oxidation sites excluding steroid dienone is 2. The summed E-state index contributed by atoms with van der Waals surface area (Å²) in [6.45, 7) is 10.8. The van der Waals surface area contributed by atoms with Crippen LogP contribution in [0.4, 0.5) is 5.13 Å². The van der Waals surface area contributed by atoms with Crippen LogP contribution in [0, 0.1) is 6.92 Å². The van der Waals surface area contributed by atoms with Gasteiger partial charge in [0.05, 0.1) is 17.8 Å². The van der Waals surface area contributed by atoms with Gasteiger partial charge in [-0.1, -0.05) is 30.8 Å². The third-order valence-corrected chi connectivity index (χ3v) is 6.62. The lowest BCUT2D eigenvalue weighted by Gasteiger charge is -2.37. The van der Waals surface area contributed by atoms with Crippen LogP contribution in [0.25, 0.3) is 0 Å². The summed E-state index contributed by atoms with van der Waals surface area (Å²) in [5.41, 5.74) is 3.10. The second-order valence-electron chi connectivity index (χ2n) is 7.44. The lowest BCUT2D eigenvalue weighted by Crippen LogP contribution is -2.55. The molecule has 2 N–H and O–H groups in total. The molecule has 0 radical (unpaired) electrons. The molecule has 0 bridgehead atoms. The zero-order chi connectivity index (χ0) is 22.4. The molecule has 1 saturated heterocycles. The number of aryl methyl sites for hydroxylation is 1. The van der Waals surface area contributed by atoms with Gasteiger partial charge in [-0.2, -0.15) is 0 Å². The van der Waals surface area contributed by atoms with Crippen LogP contribution in [-0.4, -0.2) is 60.0 Å². The summed E-state index contributed by atoms with van der Waals surface area (Å²) in [7, 11) is 1.62. The van der Waals surface area contributed by atoms with Gasteiger partial charge in [-0.05, 0) is 40.0 Å². The number of thiazole rings is 1. The monoisotopic (exact) mass is 436 g/mol. The van der Waals surface area contributed by atoms with Crippen molar-refractivity contribution in [1.29, 1.82) is 0 Å². The third kappa shape index (κ3) is 5.66. The number of amides is 1. The number of carboxylic acid groups (broad SMARTS) is 1. The van der Waals surface area contributed by atoms with Crippen molar-refractivity contribution in [2.75, 3.05) is 25.1 Å². The Kier molecular flexibility index (Phi) is 8.54. The molecule has 1 aliphatic heterocycles. The van der Waals surface area contributed by atoms with Crippen molar-refractivity contribution >= 4 is 34.1 Å². The highest BCUT2D eigenvalue weighted by Crippen LogP contribution is 2.29. The van der Waals surface area contributed by atoms with Crippen LogP contribution >= 0.6 is 11.3 Å². The van der Waals surface area contributed by atoms with E-state index in [4.69, 9.17) is 4.74 Å². The Bertz CT molecular complexity index is 846. The summed E-state index contributed by atoms with van der Waals surface area (Å²) >= 11 is 1.17. The van der Waals surface area contributed by atoms with Gasteiger partial charge in [0.1, 0.15) is 10.6 Å². The number of piperidine rings is 1. The molecule has 1 aromatic heterocycles. The molecule has 0 aliphatic carbocycles. The van der Waals surface area contributed by atoms with E-state index in [1.807, 2.05) is 18.7 Å². The first-order valence-corrected chi connectivity index (χ1v) is 11.1. The molecule has 1 unspecified atom stereocenters. The summed E-state index contributed by atoms with van der Waals surface area (Å²) < 4.78 is 5.63. The van der Waals surface area contributed by atoms with Gasteiger partial charge < -0.3 is 20.1 Å². The molecule has 1 aromatic rings. The topological polar surface area (TPSA) is 104 Å². The van der Waals surface area contributed by atoms with Crippen LogP contribution in [0.3, 0.4) is 0 Å². The van der Waals surface area contributed by atoms with Crippen LogP contribution in [0.1, 0.15) is 62.3 Å². The third-order valence-electron chi connectivity index (χ3n) is 5.42. The van der Waals surface area contributed by atoms with E-state index < -0.39 is 5.97 Å². The van der Waals surface area contributed by atoms with E-state index >= 15 is 0 Å². The predicted molar refractivity (Wildman–Crippen MR) is 120 cm³/mol. The average molecular weight is 437 g/mol. The zero-order valence-corrected chi connectivity index (χ0v) is 19.4. The number of anilines is 1. The molecule has 8 nitrogen and oxygen atoms in total. The van der Waals surface area contributed by atoms with Gasteiger partial charge >= 0.3 is 5.97 Å². The fraction of sp³-hybridized carbons (Fsp3) is 0.619. The number of carbonyl (C=O) groups excluding carboxylic acids is 1. The van der Waals surface area contributed by atoms with Gasteiger partial charge in [-0.25, -0.2) is 9.78 Å². The molecule has 1 fully saturated rings. The maximum absolute atomic E-state index is 12.7. The van der Waals surface area contributed by atoms with E-state index in [-0.39, 0.29) is 22.9 Å². The van der Waals surface area contributed by atoms with Gasteiger partial charge in [0.15, 0.2) is 5.13 Å². The molecule has 0 spiro atoms. The van der Waals surface area contributed by atoms with E-state index in [0.29, 0.717) is 36.0 Å². The van der Waals surface area contributed by atoms with Crippen molar-refractivity contribution in [3.05, 3.63) is 21.8 Å². The minimum absolute atomic E-state index is 0.148. The Morgan fingerprint density at radius 3 is 2.57 bits per heavy atom. The number of hydrogen-bond donors (Lipinski definition) is 2. The Labute approximate surface area is 182 Å². The van der Waals surface area contributed by atoms with Crippen molar-refractivity contribution in [2.24, 2.45) is 4.99 Å². The summed E-state index contributed by atoms with van der Waals surface area (Å²) in [6.07, 6.45) is 2.13. The number of hydrogen-bond acceptors (Lipinski definition) is 7. The molecule has 0 aromatic carbocycles. The van der Waals surface area contributed by atoms with Gasteiger partial charge in [-0.3, -0.25) is 9.79 Å². The summed E-state index contributed by atoms with van der Waals surface area (Å²) in [5.74, 6) is -1.15. The van der Waals surface area contributed by atoms with Crippen LogP contribution in [0.15, 0.2) is 16.3 Å². The highest BCUT2D eigenvalue weighted by atomic mass is 32.1. The van der Waals surface area contributed by atoms with E-state index in [1.54, 1.807) is 21.0 Å². The number of rotatable bonds is 8. The second kappa shape index (κ2) is 10.7. The molecular weight excluding hydrogens is 404 g/mol. The molecule has 1 aliphatic rings. The zero-order valence-electron chi connectivity index (χ0n) is 18.6.